The van der Waals surface area contributed by atoms with E-state index in [9.17, 15) is 4.79 Å². The number of pyridine rings is 1. The van der Waals surface area contributed by atoms with Crippen molar-refractivity contribution in [2.45, 2.75) is 45.6 Å². The number of anilines is 3. The highest BCUT2D eigenvalue weighted by atomic mass is 16.1. The van der Waals surface area contributed by atoms with E-state index < -0.39 is 0 Å². The minimum Gasteiger partial charge on any atom is -0.371 e. The van der Waals surface area contributed by atoms with Crippen LogP contribution in [0.4, 0.5) is 17.1 Å². The molecule has 1 aromatic carbocycles. The molecule has 5 rings (SSSR count). The van der Waals surface area contributed by atoms with E-state index in [2.05, 4.69) is 73.1 Å². The molecule has 0 spiro atoms. The van der Waals surface area contributed by atoms with Gasteiger partial charge in [0.25, 0.3) is 0 Å². The highest BCUT2D eigenvalue weighted by molar-refractivity contribution is 5.80. The predicted octanol–water partition coefficient (Wildman–Crippen LogP) is 5.44. The molecule has 7 heteroatoms. The average Bonchev–Trinajstić information content (AvgIpc) is 3.44. The molecule has 2 aromatic heterocycles. The Bertz CT molecular complexity index is 1240. The number of carbonyl (C=O) groups excluding carboxylic acids is 1. The van der Waals surface area contributed by atoms with Gasteiger partial charge in [0, 0.05) is 49.1 Å². The number of hydrogen-bond acceptors (Lipinski definition) is 5. The Hall–Kier alpha value is -3.58. The predicted molar refractivity (Wildman–Crippen MR) is 152 cm³/mol. The monoisotopic (exact) mass is 498 g/mol. The summed E-state index contributed by atoms with van der Waals surface area (Å²) in [4.78, 5) is 20.4. The second-order valence-corrected chi connectivity index (χ2v) is 10.2. The number of piperidine rings is 2. The normalized spacial score (nSPS) is 18.5. The molecule has 7 nitrogen and oxygen atoms in total. The number of fused-ring (bicyclic) bond motifs is 1. The lowest BCUT2D eigenvalue weighted by molar-refractivity contribution is -0.108. The van der Waals surface area contributed by atoms with Gasteiger partial charge in [-0.05, 0) is 99.7 Å². The van der Waals surface area contributed by atoms with Crippen LogP contribution < -0.4 is 15.5 Å². The third-order valence-corrected chi connectivity index (χ3v) is 7.89. The van der Waals surface area contributed by atoms with E-state index >= 15 is 0 Å². The van der Waals surface area contributed by atoms with Crippen LogP contribution >= 0.6 is 0 Å². The van der Waals surface area contributed by atoms with Crippen molar-refractivity contribution in [1.29, 1.82) is 0 Å². The van der Waals surface area contributed by atoms with Crippen LogP contribution in [0.1, 0.15) is 45.2 Å². The Balaban J connectivity index is 1.23. The number of nitrogens with zero attached hydrogens (tertiary/aromatic N) is 4. The summed E-state index contributed by atoms with van der Waals surface area (Å²) in [6.45, 7) is 9.18. The number of amides is 1. The van der Waals surface area contributed by atoms with E-state index in [-0.39, 0.29) is 0 Å². The van der Waals surface area contributed by atoms with Crippen molar-refractivity contribution in [3.63, 3.8) is 0 Å². The van der Waals surface area contributed by atoms with E-state index in [1.165, 1.54) is 44.5 Å². The van der Waals surface area contributed by atoms with Crippen LogP contribution in [0.2, 0.25) is 0 Å². The molecule has 194 valence electrons. The fourth-order valence-electron chi connectivity index (χ4n) is 5.65. The topological polar surface area (TPSA) is 64.9 Å². The minimum absolute atomic E-state index is 0.660. The first-order valence-electron chi connectivity index (χ1n) is 13.5. The van der Waals surface area contributed by atoms with Gasteiger partial charge in [-0.1, -0.05) is 13.0 Å². The maximum Gasteiger partial charge on any atom is 0.211 e. The molecule has 0 unspecified atom stereocenters. The fraction of sp³-hybridized carbons (Fsp3) is 0.400. The molecule has 3 aromatic rings. The highest BCUT2D eigenvalue weighted by Gasteiger charge is 2.27. The lowest BCUT2D eigenvalue weighted by atomic mass is 9.95. The molecule has 2 saturated heterocycles. The van der Waals surface area contributed by atoms with Gasteiger partial charge < -0.3 is 20.4 Å². The molecule has 0 aliphatic carbocycles. The summed E-state index contributed by atoms with van der Waals surface area (Å²) in [6, 6.07) is 13.7. The standard InChI is InChI=1S/C30H38N6O/c1-3-24(10-15-31-22-37)29-9-8-28(30-32-16-21-36(29)30)33-25-4-6-26(7-5-25)35-19-13-27(14-20-35)34-17-11-23(2)12-18-34/h3-10,15-16,21-23,27,33H,11-14,17-20H2,1-2H3,(H,31,37)/b15-10-,24-3+. The zero-order valence-electron chi connectivity index (χ0n) is 21.9. The zero-order chi connectivity index (χ0) is 25.6. The van der Waals surface area contributed by atoms with E-state index in [4.69, 9.17) is 0 Å². The molecule has 0 bridgehead atoms. The van der Waals surface area contributed by atoms with Gasteiger partial charge in [-0.3, -0.25) is 9.20 Å². The average molecular weight is 499 g/mol. The second-order valence-electron chi connectivity index (χ2n) is 10.2. The van der Waals surface area contributed by atoms with E-state index in [0.29, 0.717) is 6.41 Å². The Morgan fingerprint density at radius 1 is 1.00 bits per heavy atom. The Labute approximate surface area is 219 Å². The van der Waals surface area contributed by atoms with Crippen LogP contribution in [0, 0.1) is 5.92 Å². The van der Waals surface area contributed by atoms with Gasteiger partial charge in [-0.2, -0.15) is 0 Å². The third-order valence-electron chi connectivity index (χ3n) is 7.89. The Morgan fingerprint density at radius 3 is 2.46 bits per heavy atom. The third kappa shape index (κ3) is 5.72. The van der Waals surface area contributed by atoms with Crippen LogP contribution in [0.25, 0.3) is 11.2 Å². The fourth-order valence-corrected chi connectivity index (χ4v) is 5.65. The van der Waals surface area contributed by atoms with Gasteiger partial charge >= 0.3 is 0 Å². The highest BCUT2D eigenvalue weighted by Crippen LogP contribution is 2.29. The number of benzene rings is 1. The van der Waals surface area contributed by atoms with Crippen molar-refractivity contribution in [3.8, 4) is 0 Å². The first-order chi connectivity index (χ1) is 18.2. The molecular weight excluding hydrogens is 460 g/mol. The molecule has 0 saturated carbocycles. The van der Waals surface area contributed by atoms with Gasteiger partial charge in [0.1, 0.15) is 0 Å². The van der Waals surface area contributed by atoms with E-state index in [1.807, 2.05) is 31.5 Å². The summed E-state index contributed by atoms with van der Waals surface area (Å²) >= 11 is 0. The number of allylic oxidation sites excluding steroid dienone is 3. The van der Waals surface area contributed by atoms with Gasteiger partial charge in [-0.25, -0.2) is 4.98 Å². The van der Waals surface area contributed by atoms with Crippen molar-refractivity contribution in [1.82, 2.24) is 19.6 Å². The number of carbonyl (C=O) groups is 1. The molecule has 0 radical (unpaired) electrons. The lowest BCUT2D eigenvalue weighted by Gasteiger charge is -2.42. The summed E-state index contributed by atoms with van der Waals surface area (Å²) in [5, 5.41) is 6.12. The number of likely N-dealkylation sites (tertiary alicyclic amines) is 1. The van der Waals surface area contributed by atoms with Crippen molar-refractivity contribution < 1.29 is 4.79 Å². The largest absolute Gasteiger partial charge is 0.371 e. The minimum atomic E-state index is 0.660. The lowest BCUT2D eigenvalue weighted by Crippen LogP contribution is -2.47. The smallest absolute Gasteiger partial charge is 0.211 e. The SMILES string of the molecule is C/C=C(\C=C/NC=O)c1ccc(Nc2ccc(N3CCC(N4CCC(C)CC4)CC3)cc2)c2nccn12. The van der Waals surface area contributed by atoms with Crippen LogP contribution in [-0.4, -0.2) is 52.9 Å². The summed E-state index contributed by atoms with van der Waals surface area (Å²) in [7, 11) is 0. The molecule has 4 heterocycles. The molecule has 2 aliphatic rings. The maximum absolute atomic E-state index is 10.6. The summed E-state index contributed by atoms with van der Waals surface area (Å²) < 4.78 is 2.06. The molecule has 0 atom stereocenters. The number of nitrogens with one attached hydrogen (secondary N) is 2. The number of rotatable bonds is 8. The Kier molecular flexibility index (Phi) is 7.90. The number of hydrogen-bond donors (Lipinski definition) is 2. The second kappa shape index (κ2) is 11.6. The quantitative estimate of drug-likeness (QED) is 0.320. The molecule has 1 amide bonds. The number of aromatic nitrogens is 2. The van der Waals surface area contributed by atoms with E-state index in [0.717, 1.165) is 53.3 Å². The van der Waals surface area contributed by atoms with Gasteiger partial charge in [0.2, 0.25) is 6.41 Å². The van der Waals surface area contributed by atoms with E-state index in [1.54, 1.807) is 6.20 Å². The Morgan fingerprint density at radius 2 is 1.76 bits per heavy atom. The molecule has 2 fully saturated rings. The maximum atomic E-state index is 10.6. The van der Waals surface area contributed by atoms with Gasteiger partial charge in [0.05, 0.1) is 11.4 Å². The van der Waals surface area contributed by atoms with Crippen LogP contribution in [0.5, 0.6) is 0 Å². The van der Waals surface area contributed by atoms with Crippen molar-refractivity contribution in [3.05, 3.63) is 72.8 Å². The van der Waals surface area contributed by atoms with Gasteiger partial charge in [0.15, 0.2) is 5.65 Å². The van der Waals surface area contributed by atoms with Crippen LogP contribution in [0.3, 0.4) is 0 Å². The summed E-state index contributed by atoms with van der Waals surface area (Å²) in [6.07, 6.45) is 15.2. The first-order valence-corrected chi connectivity index (χ1v) is 13.5. The molecular formula is C30H38N6O. The van der Waals surface area contributed by atoms with Crippen molar-refractivity contribution in [2.75, 3.05) is 36.4 Å². The first kappa shape index (κ1) is 25.1. The van der Waals surface area contributed by atoms with Crippen LogP contribution in [0.15, 0.2) is 67.1 Å². The van der Waals surface area contributed by atoms with Crippen molar-refractivity contribution >= 4 is 34.7 Å². The summed E-state index contributed by atoms with van der Waals surface area (Å²) in [5.74, 6) is 0.894. The molecule has 2 aliphatic heterocycles. The van der Waals surface area contributed by atoms with Gasteiger partial charge in [-0.15, -0.1) is 0 Å². The summed E-state index contributed by atoms with van der Waals surface area (Å²) in [5.41, 5.74) is 6.13. The molecule has 2 N–H and O–H groups in total. The number of imidazole rings is 1. The molecule has 37 heavy (non-hydrogen) atoms. The van der Waals surface area contributed by atoms with Crippen LogP contribution in [-0.2, 0) is 4.79 Å². The van der Waals surface area contributed by atoms with Crippen molar-refractivity contribution in [2.24, 2.45) is 5.92 Å². The zero-order valence-corrected chi connectivity index (χ0v) is 21.9.